The normalized spacial score (nSPS) is 11.1. The van der Waals surface area contributed by atoms with Gasteiger partial charge < -0.3 is 0 Å². The summed E-state index contributed by atoms with van der Waals surface area (Å²) < 4.78 is 0. The Morgan fingerprint density at radius 1 is 0.444 bits per heavy atom. The summed E-state index contributed by atoms with van der Waals surface area (Å²) in [6.07, 6.45) is 0. The van der Waals surface area contributed by atoms with E-state index in [0.717, 1.165) is 21.5 Å². The highest BCUT2D eigenvalue weighted by atomic mass is 31.2. The van der Waals surface area contributed by atoms with Crippen LogP contribution < -0.4 is 15.9 Å². The van der Waals surface area contributed by atoms with Crippen LogP contribution in [0.4, 0.5) is 0 Å². The number of carbonyl (C=O) groups excluding carboxylic acids is 1. The third-order valence-electron chi connectivity index (χ3n) is 4.76. The van der Waals surface area contributed by atoms with Gasteiger partial charge in [-0.3, -0.25) is 0 Å². The first-order chi connectivity index (χ1) is 13.3. The van der Waals surface area contributed by atoms with Gasteiger partial charge in [-0.15, -0.1) is 0 Å². The summed E-state index contributed by atoms with van der Waals surface area (Å²) in [6.45, 7) is 0. The topological polar surface area (TPSA) is 17.1 Å². The molecule has 4 aromatic rings. The predicted molar refractivity (Wildman–Crippen MR) is 116 cm³/mol. The molecule has 0 bridgehead atoms. The van der Waals surface area contributed by atoms with Crippen molar-refractivity contribution in [2.75, 3.05) is 0 Å². The molecule has 4 rings (SSSR count). The van der Waals surface area contributed by atoms with Gasteiger partial charge in [0.15, 0.2) is 7.26 Å². The zero-order valence-electron chi connectivity index (χ0n) is 14.9. The molecule has 0 amide bonds. The minimum Gasteiger partial charge on any atom is -0.246 e. The Morgan fingerprint density at radius 2 is 0.741 bits per heavy atom. The molecule has 0 radical (unpaired) electrons. The summed E-state index contributed by atoms with van der Waals surface area (Å²) in [5.41, 5.74) is 0.939. The molecule has 0 saturated carbocycles. The summed E-state index contributed by atoms with van der Waals surface area (Å²) >= 11 is 0. The molecule has 4 aromatic carbocycles. The van der Waals surface area contributed by atoms with E-state index >= 15 is 0 Å². The average Bonchev–Trinajstić information content (AvgIpc) is 2.77. The summed E-state index contributed by atoms with van der Waals surface area (Å²) in [4.78, 5) is 14.1. The predicted octanol–water partition coefficient (Wildman–Crippen LogP) is 4.82. The van der Waals surface area contributed by atoms with E-state index in [1.54, 1.807) is 0 Å². The highest BCUT2D eigenvalue weighted by Gasteiger charge is 2.53. The Hall–Kier alpha value is -3.02. The Morgan fingerprint density at radius 3 is 1.07 bits per heavy atom. The molecule has 27 heavy (non-hydrogen) atoms. The van der Waals surface area contributed by atoms with Gasteiger partial charge in [-0.05, 0) is 48.5 Å². The molecule has 0 N–H and O–H groups in total. The summed E-state index contributed by atoms with van der Waals surface area (Å²) in [5.74, 6) is 0. The van der Waals surface area contributed by atoms with Crippen molar-refractivity contribution in [1.82, 2.24) is 0 Å². The molecule has 0 spiro atoms. The molecular weight excluding hydrogens is 347 g/mol. The molecule has 0 atom stereocenters. The van der Waals surface area contributed by atoms with Crippen molar-refractivity contribution >= 4 is 28.7 Å². The molecular formula is C25H20OP+. The van der Waals surface area contributed by atoms with Crippen molar-refractivity contribution in [2.45, 2.75) is 0 Å². The number of hydrogen-bond donors (Lipinski definition) is 0. The Bertz CT molecular complexity index is 916. The molecule has 1 nitrogen and oxygen atoms in total. The SMILES string of the molecule is O=C(c1ccccc1)[P+](c1ccccc1)(c1ccccc1)c1ccccc1. The largest absolute Gasteiger partial charge is 0.313 e. The second kappa shape index (κ2) is 7.70. The first-order valence-electron chi connectivity index (χ1n) is 8.99. The van der Waals surface area contributed by atoms with Crippen LogP contribution in [0.15, 0.2) is 121 Å². The highest BCUT2D eigenvalue weighted by molar-refractivity contribution is 8.08. The average molecular weight is 367 g/mol. The fourth-order valence-electron chi connectivity index (χ4n) is 3.53. The van der Waals surface area contributed by atoms with Gasteiger partial charge in [-0.1, -0.05) is 72.8 Å². The standard InChI is InChI=1S/C25H20OP/c26-25(21-13-5-1-6-14-21)27(22-15-7-2-8-16-22,23-17-9-3-10-18-23)24-19-11-4-12-20-24/h1-20H/q+1. The second-order valence-electron chi connectivity index (χ2n) is 6.35. The maximum Gasteiger partial charge on any atom is 0.313 e. The maximum atomic E-state index is 14.1. The summed E-state index contributed by atoms with van der Waals surface area (Å²) in [6, 6.07) is 40.3. The van der Waals surface area contributed by atoms with Crippen molar-refractivity contribution in [3.63, 3.8) is 0 Å². The fraction of sp³-hybridized carbons (Fsp3) is 0. The minimum absolute atomic E-state index is 0.187. The van der Waals surface area contributed by atoms with Crippen LogP contribution in [0.3, 0.4) is 0 Å². The first-order valence-corrected chi connectivity index (χ1v) is 10.8. The third kappa shape index (κ3) is 3.12. The summed E-state index contributed by atoms with van der Waals surface area (Å²) in [7, 11) is -2.51. The van der Waals surface area contributed by atoms with Crippen LogP contribution in [0, 0.1) is 0 Å². The lowest BCUT2D eigenvalue weighted by atomic mass is 10.2. The smallest absolute Gasteiger partial charge is 0.246 e. The van der Waals surface area contributed by atoms with Crippen LogP contribution in [-0.4, -0.2) is 5.52 Å². The van der Waals surface area contributed by atoms with E-state index in [2.05, 4.69) is 36.4 Å². The molecule has 0 saturated heterocycles. The van der Waals surface area contributed by atoms with Crippen LogP contribution >= 0.6 is 7.26 Å². The Kier molecular flexibility index (Phi) is 4.96. The van der Waals surface area contributed by atoms with E-state index < -0.39 is 7.26 Å². The third-order valence-corrected chi connectivity index (χ3v) is 8.84. The van der Waals surface area contributed by atoms with Crippen LogP contribution in [0.25, 0.3) is 0 Å². The van der Waals surface area contributed by atoms with Gasteiger partial charge in [-0.2, -0.15) is 0 Å². The van der Waals surface area contributed by atoms with Crippen molar-refractivity contribution < 1.29 is 4.79 Å². The van der Waals surface area contributed by atoms with Gasteiger partial charge in [-0.25, -0.2) is 4.79 Å². The molecule has 0 fully saturated rings. The molecule has 0 unspecified atom stereocenters. The number of carbonyl (C=O) groups is 1. The van der Waals surface area contributed by atoms with Crippen molar-refractivity contribution in [3.8, 4) is 0 Å². The molecule has 0 aliphatic heterocycles. The fourth-order valence-corrected chi connectivity index (χ4v) is 7.52. The lowest BCUT2D eigenvalue weighted by Gasteiger charge is -2.25. The zero-order valence-corrected chi connectivity index (χ0v) is 15.8. The van der Waals surface area contributed by atoms with Crippen LogP contribution in [0.5, 0.6) is 0 Å². The Balaban J connectivity index is 2.08. The monoisotopic (exact) mass is 367 g/mol. The van der Waals surface area contributed by atoms with Crippen LogP contribution in [0.1, 0.15) is 10.4 Å². The molecule has 0 aliphatic rings. The Labute approximate surface area is 160 Å². The summed E-state index contributed by atoms with van der Waals surface area (Å²) in [5, 5.41) is 3.24. The molecule has 0 aromatic heterocycles. The lowest BCUT2D eigenvalue weighted by Crippen LogP contribution is -2.36. The van der Waals surface area contributed by atoms with Gasteiger partial charge in [0.2, 0.25) is 0 Å². The van der Waals surface area contributed by atoms with Gasteiger partial charge >= 0.3 is 5.52 Å². The first kappa shape index (κ1) is 17.4. The number of benzene rings is 4. The van der Waals surface area contributed by atoms with Gasteiger partial charge in [0.25, 0.3) is 0 Å². The second-order valence-corrected chi connectivity index (χ2v) is 9.65. The molecule has 130 valence electrons. The van der Waals surface area contributed by atoms with E-state index in [4.69, 9.17) is 0 Å². The van der Waals surface area contributed by atoms with Gasteiger partial charge in [0.05, 0.1) is 5.56 Å². The maximum absolute atomic E-state index is 14.1. The number of rotatable bonds is 5. The van der Waals surface area contributed by atoms with Crippen molar-refractivity contribution in [3.05, 3.63) is 127 Å². The van der Waals surface area contributed by atoms with Gasteiger partial charge in [0.1, 0.15) is 15.9 Å². The van der Waals surface area contributed by atoms with Crippen LogP contribution in [0.2, 0.25) is 0 Å². The van der Waals surface area contributed by atoms with Crippen molar-refractivity contribution in [1.29, 1.82) is 0 Å². The van der Waals surface area contributed by atoms with Crippen molar-refractivity contribution in [2.24, 2.45) is 0 Å². The minimum atomic E-state index is -2.51. The quantitative estimate of drug-likeness (QED) is 0.462. The van der Waals surface area contributed by atoms with Gasteiger partial charge in [0, 0.05) is 0 Å². The molecule has 0 heterocycles. The van der Waals surface area contributed by atoms with Crippen LogP contribution in [-0.2, 0) is 0 Å². The van der Waals surface area contributed by atoms with E-state index in [9.17, 15) is 4.79 Å². The van der Waals surface area contributed by atoms with E-state index in [0.29, 0.717) is 0 Å². The molecule has 2 heteroatoms. The van der Waals surface area contributed by atoms with E-state index in [1.165, 1.54) is 0 Å². The van der Waals surface area contributed by atoms with E-state index in [1.807, 2.05) is 84.9 Å². The number of hydrogen-bond acceptors (Lipinski definition) is 1. The highest BCUT2D eigenvalue weighted by Crippen LogP contribution is 2.57. The molecule has 0 aliphatic carbocycles. The lowest BCUT2D eigenvalue weighted by molar-refractivity contribution is 0.108. The zero-order chi connectivity index (χ0) is 18.5. The van der Waals surface area contributed by atoms with E-state index in [-0.39, 0.29) is 5.52 Å².